The molecule has 156 valence electrons. The zero-order valence-corrected chi connectivity index (χ0v) is 18.2. The largest absolute Gasteiger partial charge is 0.493 e. The number of hydrogen-bond donors (Lipinski definition) is 0. The number of nitrogens with zero attached hydrogens (tertiary/aromatic N) is 1. The van der Waals surface area contributed by atoms with Crippen molar-refractivity contribution in [3.05, 3.63) is 93.9 Å². The van der Waals surface area contributed by atoms with Gasteiger partial charge in [-0.05, 0) is 53.2 Å². The molecular weight excluding hydrogens is 434 g/mol. The maximum atomic E-state index is 12.8. The fraction of sp³-hybridized carbons (Fsp3) is 0.0833. The van der Waals surface area contributed by atoms with Crippen LogP contribution in [0.2, 0.25) is 5.02 Å². The first-order chi connectivity index (χ1) is 15.1. The number of rotatable bonds is 6. The van der Waals surface area contributed by atoms with Gasteiger partial charge in [-0.2, -0.15) is 0 Å². The first-order valence-corrected chi connectivity index (χ1v) is 10.6. The molecule has 0 spiro atoms. The lowest BCUT2D eigenvalue weighted by atomic mass is 10.1. The lowest BCUT2D eigenvalue weighted by Crippen LogP contribution is -2.27. The molecule has 2 amide bonds. The lowest BCUT2D eigenvalue weighted by Gasteiger charge is -2.14. The Balaban J connectivity index is 1.59. The number of carbonyl (C=O) groups is 2. The van der Waals surface area contributed by atoms with Crippen molar-refractivity contribution in [1.29, 1.82) is 0 Å². The van der Waals surface area contributed by atoms with Gasteiger partial charge in [0.1, 0.15) is 6.61 Å². The molecule has 7 heteroatoms. The smallest absolute Gasteiger partial charge is 0.298 e. The van der Waals surface area contributed by atoms with Crippen LogP contribution in [-0.4, -0.2) is 18.3 Å². The number of halogens is 1. The minimum atomic E-state index is -0.374. The second kappa shape index (κ2) is 9.29. The normalized spacial score (nSPS) is 14.9. The van der Waals surface area contributed by atoms with Crippen molar-refractivity contribution in [3.8, 4) is 11.5 Å². The third-order valence-electron chi connectivity index (χ3n) is 4.58. The zero-order chi connectivity index (χ0) is 21.8. The van der Waals surface area contributed by atoms with Gasteiger partial charge in [-0.15, -0.1) is 0 Å². The fourth-order valence-corrected chi connectivity index (χ4v) is 4.23. The quantitative estimate of drug-likeness (QED) is 0.419. The molecule has 3 aromatic carbocycles. The molecule has 0 aliphatic carbocycles. The molecule has 1 aliphatic heterocycles. The molecule has 0 saturated carbocycles. The van der Waals surface area contributed by atoms with Crippen molar-refractivity contribution in [2.75, 3.05) is 12.0 Å². The predicted molar refractivity (Wildman–Crippen MR) is 124 cm³/mol. The van der Waals surface area contributed by atoms with Crippen LogP contribution in [0.15, 0.2) is 77.7 Å². The minimum absolute atomic E-state index is 0.310. The molecule has 0 radical (unpaired) electrons. The van der Waals surface area contributed by atoms with Crippen LogP contribution in [0.4, 0.5) is 10.5 Å². The van der Waals surface area contributed by atoms with Gasteiger partial charge in [0.15, 0.2) is 11.5 Å². The molecule has 3 aromatic rings. The van der Waals surface area contributed by atoms with Crippen molar-refractivity contribution in [1.82, 2.24) is 0 Å². The van der Waals surface area contributed by atoms with Gasteiger partial charge in [0.05, 0.1) is 22.7 Å². The van der Waals surface area contributed by atoms with E-state index in [0.29, 0.717) is 39.3 Å². The summed E-state index contributed by atoms with van der Waals surface area (Å²) in [6.07, 6.45) is 1.63. The van der Waals surface area contributed by atoms with Gasteiger partial charge in [-0.25, -0.2) is 4.90 Å². The van der Waals surface area contributed by atoms with Crippen LogP contribution in [0.3, 0.4) is 0 Å². The summed E-state index contributed by atoms with van der Waals surface area (Å²) in [6.45, 7) is 0.340. The predicted octanol–water partition coefficient (Wildman–Crippen LogP) is 6.17. The average Bonchev–Trinajstić information content (AvgIpc) is 3.06. The maximum Gasteiger partial charge on any atom is 0.298 e. The van der Waals surface area contributed by atoms with Gasteiger partial charge < -0.3 is 9.47 Å². The van der Waals surface area contributed by atoms with Gasteiger partial charge in [-0.1, -0.05) is 60.1 Å². The highest BCUT2D eigenvalue weighted by Gasteiger charge is 2.36. The summed E-state index contributed by atoms with van der Waals surface area (Å²) in [6, 6.07) is 21.9. The van der Waals surface area contributed by atoms with Crippen LogP contribution in [0.5, 0.6) is 11.5 Å². The van der Waals surface area contributed by atoms with E-state index in [0.717, 1.165) is 22.2 Å². The molecule has 0 N–H and O–H groups in total. The van der Waals surface area contributed by atoms with E-state index in [4.69, 9.17) is 21.1 Å². The molecule has 0 aromatic heterocycles. The van der Waals surface area contributed by atoms with Crippen LogP contribution in [0.1, 0.15) is 11.1 Å². The third kappa shape index (κ3) is 4.60. The number of amides is 2. The summed E-state index contributed by atoms with van der Waals surface area (Å²) >= 11 is 7.34. The molecule has 5 nitrogen and oxygen atoms in total. The molecule has 1 heterocycles. The molecule has 1 saturated heterocycles. The lowest BCUT2D eigenvalue weighted by molar-refractivity contribution is -0.113. The molecule has 4 rings (SSSR count). The topological polar surface area (TPSA) is 55.8 Å². The van der Waals surface area contributed by atoms with E-state index in [2.05, 4.69) is 0 Å². The van der Waals surface area contributed by atoms with Crippen molar-refractivity contribution >= 4 is 46.3 Å². The maximum absolute atomic E-state index is 12.8. The minimum Gasteiger partial charge on any atom is -0.493 e. The monoisotopic (exact) mass is 451 g/mol. The van der Waals surface area contributed by atoms with Crippen molar-refractivity contribution in [2.24, 2.45) is 0 Å². The molecule has 31 heavy (non-hydrogen) atoms. The number of benzene rings is 3. The van der Waals surface area contributed by atoms with E-state index in [1.807, 2.05) is 36.4 Å². The Labute approximate surface area is 189 Å². The van der Waals surface area contributed by atoms with E-state index < -0.39 is 0 Å². The summed E-state index contributed by atoms with van der Waals surface area (Å²) in [5.41, 5.74) is 2.17. The van der Waals surface area contributed by atoms with E-state index in [1.165, 1.54) is 7.11 Å². The Hall–Kier alpha value is -3.22. The molecule has 0 atom stereocenters. The Morgan fingerprint density at radius 2 is 1.68 bits per heavy atom. The first-order valence-electron chi connectivity index (χ1n) is 9.44. The van der Waals surface area contributed by atoms with Crippen molar-refractivity contribution in [2.45, 2.75) is 6.61 Å². The number of hydrogen-bond acceptors (Lipinski definition) is 5. The van der Waals surface area contributed by atoms with Gasteiger partial charge in [-0.3, -0.25) is 9.59 Å². The second-order valence-corrected chi connectivity index (χ2v) is 8.06. The Morgan fingerprint density at radius 1 is 1.00 bits per heavy atom. The van der Waals surface area contributed by atoms with Crippen LogP contribution in [0.25, 0.3) is 6.08 Å². The number of ether oxygens (including phenoxy) is 2. The Bertz CT molecular complexity index is 1150. The van der Waals surface area contributed by atoms with E-state index in [-0.39, 0.29) is 11.1 Å². The molecular formula is C24H18ClNO4S. The van der Waals surface area contributed by atoms with Crippen LogP contribution >= 0.6 is 23.4 Å². The number of methoxy groups -OCH3 is 1. The highest BCUT2D eigenvalue weighted by atomic mass is 35.5. The fourth-order valence-electron chi connectivity index (χ4n) is 3.11. The number of anilines is 1. The molecule has 1 fully saturated rings. The number of carbonyl (C=O) groups excluding carboxylic acids is 2. The Kier molecular flexibility index (Phi) is 6.30. The summed E-state index contributed by atoms with van der Waals surface area (Å²) in [5, 5.41) is 0.00662. The summed E-state index contributed by atoms with van der Waals surface area (Å²) in [5.74, 6) is 0.486. The average molecular weight is 452 g/mol. The number of thioether (sulfide) groups is 1. The molecule has 0 bridgehead atoms. The van der Waals surface area contributed by atoms with E-state index >= 15 is 0 Å². The summed E-state index contributed by atoms with van der Waals surface area (Å²) < 4.78 is 11.3. The highest BCUT2D eigenvalue weighted by molar-refractivity contribution is 8.19. The van der Waals surface area contributed by atoms with Gasteiger partial charge in [0.2, 0.25) is 0 Å². The van der Waals surface area contributed by atoms with Crippen LogP contribution < -0.4 is 14.4 Å². The molecule has 0 unspecified atom stereocenters. The molecule has 1 aliphatic rings. The van der Waals surface area contributed by atoms with Gasteiger partial charge in [0, 0.05) is 0 Å². The number of imide groups is 1. The van der Waals surface area contributed by atoms with Crippen LogP contribution in [-0.2, 0) is 11.4 Å². The van der Waals surface area contributed by atoms with Gasteiger partial charge in [0.25, 0.3) is 11.1 Å². The van der Waals surface area contributed by atoms with Crippen molar-refractivity contribution in [3.63, 3.8) is 0 Å². The van der Waals surface area contributed by atoms with E-state index in [1.54, 1.807) is 42.5 Å². The standard InChI is InChI=1S/C24H18ClNO4S/c1-29-20-13-17(12-19(25)22(20)30-15-16-8-4-2-5-9-16)14-21-23(27)26(24(28)31-21)18-10-6-3-7-11-18/h2-14H,15H2,1H3. The van der Waals surface area contributed by atoms with E-state index in [9.17, 15) is 9.59 Å². The SMILES string of the molecule is COc1cc(C=C2SC(=O)N(c3ccccc3)C2=O)cc(Cl)c1OCc1ccccc1. The van der Waals surface area contributed by atoms with Crippen molar-refractivity contribution < 1.29 is 19.1 Å². The number of para-hydroxylation sites is 1. The van der Waals surface area contributed by atoms with Crippen LogP contribution in [0, 0.1) is 0 Å². The Morgan fingerprint density at radius 3 is 2.35 bits per heavy atom. The second-order valence-electron chi connectivity index (χ2n) is 6.66. The first kappa shape index (κ1) is 21.0. The summed E-state index contributed by atoms with van der Waals surface area (Å²) in [4.78, 5) is 26.7. The van der Waals surface area contributed by atoms with Gasteiger partial charge >= 0.3 is 0 Å². The third-order valence-corrected chi connectivity index (χ3v) is 5.73. The summed E-state index contributed by atoms with van der Waals surface area (Å²) in [7, 11) is 1.52. The highest BCUT2D eigenvalue weighted by Crippen LogP contribution is 2.40. The zero-order valence-electron chi connectivity index (χ0n) is 16.6.